The van der Waals surface area contributed by atoms with Gasteiger partial charge in [-0.15, -0.1) is 11.8 Å². The van der Waals surface area contributed by atoms with Crippen molar-refractivity contribution in [3.8, 4) is 5.75 Å². The van der Waals surface area contributed by atoms with Crippen molar-refractivity contribution in [1.82, 2.24) is 4.90 Å². The smallest absolute Gasteiger partial charge is 0.120 e. The molecule has 1 aliphatic heterocycles. The second-order valence-electron chi connectivity index (χ2n) is 6.18. The minimum absolute atomic E-state index is 0.114. The number of methoxy groups -OCH3 is 1. The van der Waals surface area contributed by atoms with Gasteiger partial charge >= 0.3 is 0 Å². The number of thioether (sulfide) groups is 1. The maximum Gasteiger partial charge on any atom is 0.120 e. The fourth-order valence-electron chi connectivity index (χ4n) is 3.02. The Kier molecular flexibility index (Phi) is 6.62. The predicted octanol–water partition coefficient (Wildman–Crippen LogP) is 3.10. The van der Waals surface area contributed by atoms with Crippen molar-refractivity contribution >= 4 is 17.4 Å². The lowest BCUT2D eigenvalue weighted by atomic mass is 10.2. The molecule has 0 radical (unpaired) electrons. The van der Waals surface area contributed by atoms with Crippen LogP contribution in [0.5, 0.6) is 5.75 Å². The molecule has 4 nitrogen and oxygen atoms in total. The highest BCUT2D eigenvalue weighted by Crippen LogP contribution is 2.23. The van der Waals surface area contributed by atoms with Gasteiger partial charge in [-0.2, -0.15) is 0 Å². The fraction of sp³-hybridized carbons (Fsp3) is 0.400. The monoisotopic (exact) mass is 358 g/mol. The molecule has 3 rings (SSSR count). The Morgan fingerprint density at radius 3 is 2.48 bits per heavy atom. The molecule has 1 saturated heterocycles. The highest BCUT2D eigenvalue weighted by Gasteiger charge is 2.17. The van der Waals surface area contributed by atoms with Gasteiger partial charge in [-0.1, -0.05) is 18.2 Å². The molecule has 5 heteroatoms. The van der Waals surface area contributed by atoms with E-state index in [0.29, 0.717) is 0 Å². The summed E-state index contributed by atoms with van der Waals surface area (Å²) < 4.78 is 5.32. The van der Waals surface area contributed by atoms with Crippen LogP contribution in [0.4, 0.5) is 5.69 Å². The molecule has 1 aliphatic rings. The van der Waals surface area contributed by atoms with Crippen molar-refractivity contribution in [3.05, 3.63) is 54.1 Å². The summed E-state index contributed by atoms with van der Waals surface area (Å²) in [7, 11) is 1.71. The summed E-state index contributed by atoms with van der Waals surface area (Å²) in [5, 5.41) is 9.08. The first-order chi connectivity index (χ1) is 12.3. The molecular formula is C20H26N2O2S. The Morgan fingerprint density at radius 2 is 1.80 bits per heavy atom. The van der Waals surface area contributed by atoms with Gasteiger partial charge < -0.3 is 14.7 Å². The molecule has 0 unspecified atom stereocenters. The van der Waals surface area contributed by atoms with Crippen LogP contribution in [0.15, 0.2) is 53.4 Å². The molecule has 2 aromatic rings. The van der Waals surface area contributed by atoms with Gasteiger partial charge in [0.05, 0.1) is 13.7 Å². The summed E-state index contributed by atoms with van der Waals surface area (Å²) in [6, 6.07) is 16.5. The molecule has 0 amide bonds. The van der Waals surface area contributed by atoms with E-state index in [2.05, 4.69) is 40.1 Å². The molecule has 0 aliphatic carbocycles. The standard InChI is InChI=1S/C20H26N2O2S/c1-24-19-4-2-3-18(15-19)22-11-9-21(10-12-22)13-14-25-20-7-5-17(16-23)6-8-20/h2-8,15,23H,9-14,16H2,1H3. The van der Waals surface area contributed by atoms with E-state index in [4.69, 9.17) is 9.84 Å². The van der Waals surface area contributed by atoms with E-state index in [1.807, 2.05) is 30.0 Å². The number of piperazine rings is 1. The Balaban J connectivity index is 1.41. The Bertz CT molecular complexity index is 655. The van der Waals surface area contributed by atoms with Crippen LogP contribution < -0.4 is 9.64 Å². The number of nitrogens with zero attached hydrogens (tertiary/aromatic N) is 2. The Morgan fingerprint density at radius 1 is 1.04 bits per heavy atom. The van der Waals surface area contributed by atoms with Crippen LogP contribution >= 0.6 is 11.8 Å². The maximum atomic E-state index is 9.08. The van der Waals surface area contributed by atoms with Gasteiger partial charge in [0.15, 0.2) is 0 Å². The second-order valence-corrected chi connectivity index (χ2v) is 7.35. The summed E-state index contributed by atoms with van der Waals surface area (Å²) >= 11 is 1.88. The molecule has 0 aromatic heterocycles. The Hall–Kier alpha value is -1.69. The van der Waals surface area contributed by atoms with Gasteiger partial charge in [0.2, 0.25) is 0 Å². The largest absolute Gasteiger partial charge is 0.497 e. The van der Waals surface area contributed by atoms with Crippen LogP contribution in [0.3, 0.4) is 0 Å². The highest BCUT2D eigenvalue weighted by atomic mass is 32.2. The quantitative estimate of drug-likeness (QED) is 0.770. The highest BCUT2D eigenvalue weighted by molar-refractivity contribution is 7.99. The van der Waals surface area contributed by atoms with Crippen LogP contribution in [0.25, 0.3) is 0 Å². The topological polar surface area (TPSA) is 35.9 Å². The van der Waals surface area contributed by atoms with Crippen molar-refractivity contribution < 1.29 is 9.84 Å². The molecule has 0 spiro atoms. The predicted molar refractivity (Wildman–Crippen MR) is 105 cm³/mol. The van der Waals surface area contributed by atoms with Crippen molar-refractivity contribution in [2.75, 3.05) is 50.5 Å². The minimum Gasteiger partial charge on any atom is -0.497 e. The van der Waals surface area contributed by atoms with Gasteiger partial charge in [0.1, 0.15) is 5.75 Å². The first-order valence-electron chi connectivity index (χ1n) is 8.72. The first kappa shape index (κ1) is 18.1. The number of benzene rings is 2. The van der Waals surface area contributed by atoms with Gasteiger partial charge in [0.25, 0.3) is 0 Å². The molecule has 134 valence electrons. The molecule has 0 atom stereocenters. The zero-order chi connectivity index (χ0) is 17.5. The van der Waals surface area contributed by atoms with Crippen molar-refractivity contribution in [3.63, 3.8) is 0 Å². The van der Waals surface area contributed by atoms with Crippen molar-refractivity contribution in [2.45, 2.75) is 11.5 Å². The number of hydrogen-bond donors (Lipinski definition) is 1. The average molecular weight is 359 g/mol. The SMILES string of the molecule is COc1cccc(N2CCN(CCSc3ccc(CO)cc3)CC2)c1. The van der Waals surface area contributed by atoms with Crippen LogP contribution in [0.1, 0.15) is 5.56 Å². The van der Waals surface area contributed by atoms with Gasteiger partial charge in [-0.05, 0) is 29.8 Å². The lowest BCUT2D eigenvalue weighted by Gasteiger charge is -2.36. The summed E-state index contributed by atoms with van der Waals surface area (Å²) in [6.45, 7) is 5.54. The molecule has 1 heterocycles. The number of aliphatic hydroxyl groups is 1. The number of aliphatic hydroxyl groups excluding tert-OH is 1. The van der Waals surface area contributed by atoms with Gasteiger partial charge in [0, 0.05) is 55.1 Å². The van der Waals surface area contributed by atoms with Crippen LogP contribution in [-0.4, -0.2) is 55.6 Å². The Labute approximate surface area is 154 Å². The summed E-state index contributed by atoms with van der Waals surface area (Å²) in [6.07, 6.45) is 0. The molecule has 0 saturated carbocycles. The number of hydrogen-bond acceptors (Lipinski definition) is 5. The number of ether oxygens (including phenoxy) is 1. The molecule has 2 aromatic carbocycles. The van der Waals surface area contributed by atoms with E-state index in [9.17, 15) is 0 Å². The normalized spacial score (nSPS) is 15.4. The van der Waals surface area contributed by atoms with E-state index in [0.717, 1.165) is 49.8 Å². The summed E-state index contributed by atoms with van der Waals surface area (Å²) in [5.74, 6) is 2.01. The number of rotatable bonds is 7. The molecular weight excluding hydrogens is 332 g/mol. The lowest BCUT2D eigenvalue weighted by molar-refractivity contribution is 0.273. The van der Waals surface area contributed by atoms with Crippen LogP contribution in [0.2, 0.25) is 0 Å². The van der Waals surface area contributed by atoms with Crippen LogP contribution in [-0.2, 0) is 6.61 Å². The second kappa shape index (κ2) is 9.13. The van der Waals surface area contributed by atoms with E-state index in [-0.39, 0.29) is 6.61 Å². The van der Waals surface area contributed by atoms with E-state index < -0.39 is 0 Å². The van der Waals surface area contributed by atoms with E-state index in [1.165, 1.54) is 10.6 Å². The molecule has 0 bridgehead atoms. The average Bonchev–Trinajstić information content (AvgIpc) is 2.69. The zero-order valence-electron chi connectivity index (χ0n) is 14.7. The molecule has 1 N–H and O–H groups in total. The first-order valence-corrected chi connectivity index (χ1v) is 9.71. The number of anilines is 1. The van der Waals surface area contributed by atoms with Gasteiger partial charge in [-0.3, -0.25) is 4.90 Å². The third-order valence-corrected chi connectivity index (χ3v) is 5.57. The van der Waals surface area contributed by atoms with Crippen molar-refractivity contribution in [1.29, 1.82) is 0 Å². The third-order valence-electron chi connectivity index (χ3n) is 4.57. The van der Waals surface area contributed by atoms with Gasteiger partial charge in [-0.25, -0.2) is 0 Å². The zero-order valence-corrected chi connectivity index (χ0v) is 15.5. The maximum absolute atomic E-state index is 9.08. The minimum atomic E-state index is 0.114. The lowest BCUT2D eigenvalue weighted by Crippen LogP contribution is -2.47. The van der Waals surface area contributed by atoms with E-state index >= 15 is 0 Å². The summed E-state index contributed by atoms with van der Waals surface area (Å²) in [4.78, 5) is 6.23. The molecule has 25 heavy (non-hydrogen) atoms. The summed E-state index contributed by atoms with van der Waals surface area (Å²) in [5.41, 5.74) is 2.22. The van der Waals surface area contributed by atoms with Crippen molar-refractivity contribution in [2.24, 2.45) is 0 Å². The third kappa shape index (κ3) is 5.14. The van der Waals surface area contributed by atoms with Crippen LogP contribution in [0, 0.1) is 0 Å². The fourth-order valence-corrected chi connectivity index (χ4v) is 3.93. The molecule has 1 fully saturated rings. The van der Waals surface area contributed by atoms with E-state index in [1.54, 1.807) is 7.11 Å².